The third kappa shape index (κ3) is 3.21. The number of carbonyl (C=O) groups excluding carboxylic acids is 1. The molecule has 0 saturated carbocycles. The molecule has 1 fully saturated rings. The largest absolute Gasteiger partial charge is 0.504 e. The highest BCUT2D eigenvalue weighted by molar-refractivity contribution is 5.97. The molecule has 5 nitrogen and oxygen atoms in total. The number of rotatable bonds is 2. The quantitative estimate of drug-likeness (QED) is 0.905. The van der Waals surface area contributed by atoms with E-state index in [0.717, 1.165) is 4.90 Å². The van der Waals surface area contributed by atoms with Gasteiger partial charge in [-0.1, -0.05) is 6.07 Å². The van der Waals surface area contributed by atoms with Crippen molar-refractivity contribution in [1.82, 2.24) is 4.90 Å². The SMILES string of the molecule is COc1cccc(C(=O)N2CCO[C@H](C(F)(F)F)C2)c1O. The van der Waals surface area contributed by atoms with E-state index >= 15 is 0 Å². The standard InChI is InChI=1S/C13H14F3NO4/c1-20-9-4-2-3-8(11(9)18)12(19)17-5-6-21-10(7-17)13(14,15)16/h2-4,10,18H,5-7H2,1H3/t10-/m0/s1. The zero-order chi connectivity index (χ0) is 15.6. The maximum Gasteiger partial charge on any atom is 0.416 e. The predicted molar refractivity (Wildman–Crippen MR) is 66.4 cm³/mol. The number of methoxy groups -OCH3 is 1. The Labute approximate surface area is 118 Å². The Balaban J connectivity index is 2.20. The van der Waals surface area contributed by atoms with Gasteiger partial charge < -0.3 is 19.5 Å². The van der Waals surface area contributed by atoms with Crippen LogP contribution >= 0.6 is 0 Å². The molecule has 1 saturated heterocycles. The third-order valence-corrected chi connectivity index (χ3v) is 3.17. The molecule has 1 atom stereocenters. The van der Waals surface area contributed by atoms with Gasteiger partial charge in [-0.3, -0.25) is 4.79 Å². The summed E-state index contributed by atoms with van der Waals surface area (Å²) in [6.45, 7) is -0.776. The molecule has 0 aromatic heterocycles. The molecule has 0 radical (unpaired) electrons. The van der Waals surface area contributed by atoms with E-state index in [2.05, 4.69) is 4.74 Å². The van der Waals surface area contributed by atoms with E-state index in [9.17, 15) is 23.1 Å². The summed E-state index contributed by atoms with van der Waals surface area (Å²) in [6, 6.07) is 4.26. The maximum absolute atomic E-state index is 12.6. The highest BCUT2D eigenvalue weighted by Gasteiger charge is 2.44. The molecular weight excluding hydrogens is 291 g/mol. The van der Waals surface area contributed by atoms with Crippen LogP contribution in [0.4, 0.5) is 13.2 Å². The molecule has 1 N–H and O–H groups in total. The lowest BCUT2D eigenvalue weighted by Gasteiger charge is -2.34. The summed E-state index contributed by atoms with van der Waals surface area (Å²) >= 11 is 0. The molecule has 1 aromatic carbocycles. The molecule has 8 heteroatoms. The Morgan fingerprint density at radius 3 is 2.81 bits per heavy atom. The van der Waals surface area contributed by atoms with Crippen LogP contribution in [0.5, 0.6) is 11.5 Å². The monoisotopic (exact) mass is 305 g/mol. The lowest BCUT2D eigenvalue weighted by molar-refractivity contribution is -0.233. The molecule has 1 aliphatic rings. The fourth-order valence-electron chi connectivity index (χ4n) is 2.06. The van der Waals surface area contributed by atoms with Gasteiger partial charge in [-0.2, -0.15) is 13.2 Å². The molecule has 0 aliphatic carbocycles. The van der Waals surface area contributed by atoms with Gasteiger partial charge in [-0.25, -0.2) is 0 Å². The Bertz CT molecular complexity index is 533. The minimum atomic E-state index is -4.53. The van der Waals surface area contributed by atoms with E-state index < -0.39 is 24.7 Å². The van der Waals surface area contributed by atoms with E-state index in [1.807, 2.05) is 0 Å². The van der Waals surface area contributed by atoms with Gasteiger partial charge in [0.2, 0.25) is 0 Å². The number of para-hydroxylation sites is 1. The molecule has 0 spiro atoms. The molecule has 116 valence electrons. The minimum Gasteiger partial charge on any atom is -0.504 e. The summed E-state index contributed by atoms with van der Waals surface area (Å²) in [7, 11) is 1.32. The van der Waals surface area contributed by atoms with E-state index in [4.69, 9.17) is 4.74 Å². The topological polar surface area (TPSA) is 59.0 Å². The van der Waals surface area contributed by atoms with Crippen molar-refractivity contribution < 1.29 is 32.5 Å². The van der Waals surface area contributed by atoms with Crippen LogP contribution in [-0.2, 0) is 4.74 Å². The van der Waals surface area contributed by atoms with Crippen LogP contribution in [0.2, 0.25) is 0 Å². The molecule has 1 heterocycles. The lowest BCUT2D eigenvalue weighted by atomic mass is 10.1. The molecule has 1 aromatic rings. The molecule has 21 heavy (non-hydrogen) atoms. The van der Waals surface area contributed by atoms with Crippen LogP contribution in [0.1, 0.15) is 10.4 Å². The van der Waals surface area contributed by atoms with Crippen LogP contribution in [0.25, 0.3) is 0 Å². The number of amides is 1. The lowest BCUT2D eigenvalue weighted by Crippen LogP contribution is -2.51. The van der Waals surface area contributed by atoms with E-state index in [1.165, 1.54) is 25.3 Å². The number of aromatic hydroxyl groups is 1. The summed E-state index contributed by atoms with van der Waals surface area (Å²) in [5.74, 6) is -0.995. The van der Waals surface area contributed by atoms with E-state index in [-0.39, 0.29) is 30.2 Å². The van der Waals surface area contributed by atoms with E-state index in [0.29, 0.717) is 0 Å². The summed E-state index contributed by atoms with van der Waals surface area (Å²) in [5.41, 5.74) is -0.0998. The van der Waals surface area contributed by atoms with Crippen LogP contribution in [0, 0.1) is 0 Å². The van der Waals surface area contributed by atoms with Gasteiger partial charge in [-0.15, -0.1) is 0 Å². The number of nitrogens with zero attached hydrogens (tertiary/aromatic N) is 1. The second-order valence-electron chi connectivity index (χ2n) is 4.51. The zero-order valence-electron chi connectivity index (χ0n) is 11.2. The summed E-state index contributed by atoms with van der Waals surface area (Å²) in [4.78, 5) is 13.3. The van der Waals surface area contributed by atoms with Gasteiger partial charge in [0.25, 0.3) is 5.91 Å². The third-order valence-electron chi connectivity index (χ3n) is 3.17. The number of phenolic OH excluding ortho intramolecular Hbond substituents is 1. The van der Waals surface area contributed by atoms with Crippen molar-refractivity contribution in [3.8, 4) is 11.5 Å². The summed E-state index contributed by atoms with van der Waals surface area (Å²) < 4.78 is 47.4. The van der Waals surface area contributed by atoms with Crippen molar-refractivity contribution in [2.24, 2.45) is 0 Å². The Morgan fingerprint density at radius 1 is 1.48 bits per heavy atom. The Kier molecular flexibility index (Phi) is 4.26. The Hall–Kier alpha value is -1.96. The van der Waals surface area contributed by atoms with Crippen molar-refractivity contribution in [2.45, 2.75) is 12.3 Å². The van der Waals surface area contributed by atoms with Crippen molar-refractivity contribution in [3.05, 3.63) is 23.8 Å². The van der Waals surface area contributed by atoms with Crippen LogP contribution in [0.3, 0.4) is 0 Å². The minimum absolute atomic E-state index is 0.0298. The number of morpholine rings is 1. The highest BCUT2D eigenvalue weighted by atomic mass is 19.4. The van der Waals surface area contributed by atoms with Gasteiger partial charge in [0.1, 0.15) is 0 Å². The fraction of sp³-hybridized carbons (Fsp3) is 0.462. The van der Waals surface area contributed by atoms with Crippen molar-refractivity contribution in [2.75, 3.05) is 26.8 Å². The summed E-state index contributed by atoms with van der Waals surface area (Å²) in [5, 5.41) is 9.89. The first-order chi connectivity index (χ1) is 9.84. The van der Waals surface area contributed by atoms with Crippen molar-refractivity contribution in [3.63, 3.8) is 0 Å². The van der Waals surface area contributed by atoms with E-state index in [1.54, 1.807) is 0 Å². The number of hydrogen-bond donors (Lipinski definition) is 1. The fourth-order valence-corrected chi connectivity index (χ4v) is 2.06. The van der Waals surface area contributed by atoms with Crippen molar-refractivity contribution in [1.29, 1.82) is 0 Å². The number of ether oxygens (including phenoxy) is 2. The molecule has 1 aliphatic heterocycles. The van der Waals surface area contributed by atoms with Crippen LogP contribution in [-0.4, -0.2) is 55.0 Å². The molecule has 2 rings (SSSR count). The average Bonchev–Trinajstić information content (AvgIpc) is 2.46. The molecular formula is C13H14F3NO4. The predicted octanol–water partition coefficient (Wildman–Crippen LogP) is 1.80. The average molecular weight is 305 g/mol. The number of phenols is 1. The number of halogens is 3. The first-order valence-electron chi connectivity index (χ1n) is 6.18. The Morgan fingerprint density at radius 2 is 2.19 bits per heavy atom. The number of alkyl halides is 3. The second-order valence-corrected chi connectivity index (χ2v) is 4.51. The van der Waals surface area contributed by atoms with Crippen molar-refractivity contribution >= 4 is 5.91 Å². The van der Waals surface area contributed by atoms with Gasteiger partial charge in [0.05, 0.1) is 25.8 Å². The van der Waals surface area contributed by atoms with Gasteiger partial charge in [0.15, 0.2) is 17.6 Å². The normalized spacial score (nSPS) is 19.4. The summed E-state index contributed by atoms with van der Waals surface area (Å²) in [6.07, 6.45) is -6.54. The number of benzene rings is 1. The maximum atomic E-state index is 12.6. The highest BCUT2D eigenvalue weighted by Crippen LogP contribution is 2.31. The first kappa shape index (κ1) is 15.4. The van der Waals surface area contributed by atoms with Crippen LogP contribution in [0.15, 0.2) is 18.2 Å². The van der Waals surface area contributed by atoms with Crippen LogP contribution < -0.4 is 4.74 Å². The number of hydrogen-bond acceptors (Lipinski definition) is 4. The van der Waals surface area contributed by atoms with Gasteiger partial charge in [0, 0.05) is 6.54 Å². The molecule has 0 unspecified atom stereocenters. The smallest absolute Gasteiger partial charge is 0.416 e. The number of carbonyl (C=O) groups is 1. The van der Waals surface area contributed by atoms with Gasteiger partial charge >= 0.3 is 6.18 Å². The first-order valence-corrected chi connectivity index (χ1v) is 6.18. The molecule has 0 bridgehead atoms. The second kappa shape index (κ2) is 5.80. The molecule has 1 amide bonds. The zero-order valence-corrected chi connectivity index (χ0v) is 11.2. The van der Waals surface area contributed by atoms with Gasteiger partial charge in [-0.05, 0) is 12.1 Å².